The Balaban J connectivity index is 1.46. The lowest BCUT2D eigenvalue weighted by atomic mass is 9.98. The van der Waals surface area contributed by atoms with Gasteiger partial charge in [-0.05, 0) is 68.7 Å². The van der Waals surface area contributed by atoms with Gasteiger partial charge < -0.3 is 10.1 Å². The Morgan fingerprint density at radius 3 is 2.62 bits per heavy atom. The molecule has 1 saturated carbocycles. The zero-order chi connectivity index (χ0) is 24.1. The van der Waals surface area contributed by atoms with Crippen LogP contribution in [0.1, 0.15) is 72.7 Å². The van der Waals surface area contributed by atoms with E-state index in [9.17, 15) is 14.4 Å². The molecule has 8 heteroatoms. The molecule has 1 aliphatic rings. The van der Waals surface area contributed by atoms with Crippen LogP contribution in [0.4, 0.5) is 5.69 Å². The SMILES string of the molecule is CCCCc1ccc(NC(=O)Cn2cnc3sc(C(=O)OC4CCCCC4)c(C)c3c2=O)cc1. The summed E-state index contributed by atoms with van der Waals surface area (Å²) in [7, 11) is 0. The number of carbonyl (C=O) groups excluding carboxylic acids is 2. The van der Waals surface area contributed by atoms with E-state index in [1.54, 1.807) is 6.92 Å². The molecule has 1 aromatic carbocycles. The number of hydrogen-bond acceptors (Lipinski definition) is 6. The number of fused-ring (bicyclic) bond motifs is 1. The van der Waals surface area contributed by atoms with Crippen LogP contribution in [0.25, 0.3) is 10.2 Å². The van der Waals surface area contributed by atoms with Crippen LogP contribution in [-0.2, 0) is 22.5 Å². The van der Waals surface area contributed by atoms with E-state index < -0.39 is 5.97 Å². The van der Waals surface area contributed by atoms with Crippen molar-refractivity contribution >= 4 is 39.1 Å². The van der Waals surface area contributed by atoms with Gasteiger partial charge in [0.2, 0.25) is 5.91 Å². The van der Waals surface area contributed by atoms with Gasteiger partial charge in [-0.2, -0.15) is 0 Å². The molecule has 1 aliphatic carbocycles. The van der Waals surface area contributed by atoms with Gasteiger partial charge in [-0.3, -0.25) is 14.2 Å². The molecule has 2 heterocycles. The van der Waals surface area contributed by atoms with E-state index in [1.165, 1.54) is 34.2 Å². The largest absolute Gasteiger partial charge is 0.458 e. The summed E-state index contributed by atoms with van der Waals surface area (Å²) in [6.45, 7) is 3.74. The van der Waals surface area contributed by atoms with Crippen molar-refractivity contribution in [3.8, 4) is 0 Å². The van der Waals surface area contributed by atoms with Crippen LogP contribution in [0.3, 0.4) is 0 Å². The lowest BCUT2D eigenvalue weighted by Gasteiger charge is -2.21. The predicted molar refractivity (Wildman–Crippen MR) is 135 cm³/mol. The molecule has 0 unspecified atom stereocenters. The van der Waals surface area contributed by atoms with Gasteiger partial charge in [-0.25, -0.2) is 9.78 Å². The summed E-state index contributed by atoms with van der Waals surface area (Å²) in [5.41, 5.74) is 2.15. The Kier molecular flexibility index (Phi) is 7.77. The van der Waals surface area contributed by atoms with E-state index in [-0.39, 0.29) is 24.1 Å². The fraction of sp³-hybridized carbons (Fsp3) is 0.462. The molecule has 0 atom stereocenters. The average Bonchev–Trinajstić information content (AvgIpc) is 3.18. The molecule has 1 N–H and O–H groups in total. The predicted octanol–water partition coefficient (Wildman–Crippen LogP) is 5.24. The van der Waals surface area contributed by atoms with Crippen molar-refractivity contribution in [1.29, 1.82) is 0 Å². The number of unbranched alkanes of at least 4 members (excludes halogenated alkanes) is 1. The van der Waals surface area contributed by atoms with E-state index in [2.05, 4.69) is 17.2 Å². The lowest BCUT2D eigenvalue weighted by molar-refractivity contribution is -0.116. The number of nitrogens with one attached hydrogen (secondary N) is 1. The van der Waals surface area contributed by atoms with Gasteiger partial charge in [0.15, 0.2) is 0 Å². The molecule has 1 fully saturated rings. The molecule has 0 saturated heterocycles. The molecule has 2 aromatic heterocycles. The topological polar surface area (TPSA) is 90.3 Å². The summed E-state index contributed by atoms with van der Waals surface area (Å²) >= 11 is 1.17. The van der Waals surface area contributed by atoms with E-state index >= 15 is 0 Å². The fourth-order valence-corrected chi connectivity index (χ4v) is 5.37. The number of thiophene rings is 1. The Labute approximate surface area is 203 Å². The zero-order valence-electron chi connectivity index (χ0n) is 19.8. The summed E-state index contributed by atoms with van der Waals surface area (Å²) in [5.74, 6) is -0.701. The van der Waals surface area contributed by atoms with Crippen molar-refractivity contribution in [3.05, 3.63) is 57.0 Å². The molecule has 4 rings (SSSR count). The van der Waals surface area contributed by atoms with Crippen LogP contribution in [0.15, 0.2) is 35.4 Å². The quantitative estimate of drug-likeness (QED) is 0.445. The second-order valence-electron chi connectivity index (χ2n) is 8.93. The van der Waals surface area contributed by atoms with Crippen molar-refractivity contribution in [2.45, 2.75) is 77.9 Å². The Hall–Kier alpha value is -3.00. The van der Waals surface area contributed by atoms with Gasteiger partial charge in [0.25, 0.3) is 5.56 Å². The lowest BCUT2D eigenvalue weighted by Crippen LogP contribution is -2.28. The highest BCUT2D eigenvalue weighted by molar-refractivity contribution is 7.20. The summed E-state index contributed by atoms with van der Waals surface area (Å²) in [5, 5.41) is 3.21. The number of amides is 1. The van der Waals surface area contributed by atoms with Gasteiger partial charge >= 0.3 is 5.97 Å². The number of benzene rings is 1. The highest BCUT2D eigenvalue weighted by Crippen LogP contribution is 2.29. The van der Waals surface area contributed by atoms with E-state index in [4.69, 9.17) is 4.74 Å². The maximum Gasteiger partial charge on any atom is 0.348 e. The second-order valence-corrected chi connectivity index (χ2v) is 9.93. The van der Waals surface area contributed by atoms with Crippen LogP contribution >= 0.6 is 11.3 Å². The molecular weight excluding hydrogens is 450 g/mol. The molecule has 3 aromatic rings. The van der Waals surface area contributed by atoms with Crippen molar-refractivity contribution in [2.24, 2.45) is 0 Å². The Bertz CT molecular complexity index is 1220. The van der Waals surface area contributed by atoms with Crippen molar-refractivity contribution in [3.63, 3.8) is 0 Å². The monoisotopic (exact) mass is 481 g/mol. The first-order valence-electron chi connectivity index (χ1n) is 12.0. The van der Waals surface area contributed by atoms with E-state index in [0.29, 0.717) is 26.3 Å². The highest BCUT2D eigenvalue weighted by Gasteiger charge is 2.24. The van der Waals surface area contributed by atoms with E-state index in [1.807, 2.05) is 24.3 Å². The molecule has 0 spiro atoms. The van der Waals surface area contributed by atoms with Crippen LogP contribution < -0.4 is 10.9 Å². The van der Waals surface area contributed by atoms with Gasteiger partial charge in [0.1, 0.15) is 22.4 Å². The third kappa shape index (κ3) is 5.55. The molecule has 180 valence electrons. The first-order chi connectivity index (χ1) is 16.5. The fourth-order valence-electron chi connectivity index (χ4n) is 4.35. The van der Waals surface area contributed by atoms with Crippen molar-refractivity contribution < 1.29 is 14.3 Å². The number of esters is 1. The molecule has 0 bridgehead atoms. The average molecular weight is 482 g/mol. The van der Waals surface area contributed by atoms with Crippen LogP contribution in [0.2, 0.25) is 0 Å². The Morgan fingerprint density at radius 1 is 1.18 bits per heavy atom. The van der Waals surface area contributed by atoms with Gasteiger partial charge in [-0.15, -0.1) is 11.3 Å². The normalized spacial score (nSPS) is 14.3. The number of carbonyl (C=O) groups is 2. The Morgan fingerprint density at radius 2 is 1.91 bits per heavy atom. The molecule has 1 amide bonds. The number of ether oxygens (including phenoxy) is 1. The smallest absolute Gasteiger partial charge is 0.348 e. The number of nitrogens with zero attached hydrogens (tertiary/aromatic N) is 2. The van der Waals surface area contributed by atoms with Crippen molar-refractivity contribution in [1.82, 2.24) is 9.55 Å². The van der Waals surface area contributed by atoms with Crippen LogP contribution in [0.5, 0.6) is 0 Å². The molecule has 0 radical (unpaired) electrons. The standard InChI is InChI=1S/C26H31N3O4S/c1-3-4-8-18-11-13-19(14-12-18)28-21(30)15-29-16-27-24-22(25(29)31)17(2)23(34-24)26(32)33-20-9-6-5-7-10-20/h11-14,16,20H,3-10,15H2,1-2H3,(H,28,30). The summed E-state index contributed by atoms with van der Waals surface area (Å²) in [6, 6.07) is 7.77. The summed E-state index contributed by atoms with van der Waals surface area (Å²) in [4.78, 5) is 43.7. The van der Waals surface area contributed by atoms with Crippen molar-refractivity contribution in [2.75, 3.05) is 5.32 Å². The minimum Gasteiger partial charge on any atom is -0.458 e. The number of anilines is 1. The minimum absolute atomic E-state index is 0.0557. The molecular formula is C26H31N3O4S. The molecule has 0 aliphatic heterocycles. The highest BCUT2D eigenvalue weighted by atomic mass is 32.1. The van der Waals surface area contributed by atoms with Gasteiger partial charge in [0, 0.05) is 5.69 Å². The first-order valence-corrected chi connectivity index (χ1v) is 12.9. The summed E-state index contributed by atoms with van der Waals surface area (Å²) < 4.78 is 6.97. The minimum atomic E-state index is -0.390. The van der Waals surface area contributed by atoms with Gasteiger partial charge in [0.05, 0.1) is 11.7 Å². The first kappa shape index (κ1) is 24.1. The maximum atomic E-state index is 13.1. The number of hydrogen-bond donors (Lipinski definition) is 1. The second kappa shape index (κ2) is 11.0. The van der Waals surface area contributed by atoms with Gasteiger partial charge in [-0.1, -0.05) is 31.9 Å². The number of aryl methyl sites for hydroxylation is 2. The number of rotatable bonds is 8. The van der Waals surface area contributed by atoms with E-state index in [0.717, 1.165) is 44.9 Å². The summed E-state index contributed by atoms with van der Waals surface area (Å²) in [6.07, 6.45) is 9.68. The zero-order valence-corrected chi connectivity index (χ0v) is 20.6. The molecule has 7 nitrogen and oxygen atoms in total. The maximum absolute atomic E-state index is 13.1. The third-order valence-corrected chi connectivity index (χ3v) is 7.48. The number of aromatic nitrogens is 2. The van der Waals surface area contributed by atoms with Crippen LogP contribution in [-0.4, -0.2) is 27.5 Å². The van der Waals surface area contributed by atoms with Crippen LogP contribution in [0, 0.1) is 6.92 Å². The third-order valence-electron chi connectivity index (χ3n) is 6.30. The molecule has 34 heavy (non-hydrogen) atoms.